The van der Waals surface area contributed by atoms with Gasteiger partial charge in [-0.1, -0.05) is 37.3 Å². The number of ether oxygens (including phenoxy) is 1. The summed E-state index contributed by atoms with van der Waals surface area (Å²) in [7, 11) is 0. The summed E-state index contributed by atoms with van der Waals surface area (Å²) in [5.41, 5.74) is 0.886. The van der Waals surface area contributed by atoms with Crippen LogP contribution in [0.1, 0.15) is 45.0 Å². The molecule has 0 saturated heterocycles. The quantitative estimate of drug-likeness (QED) is 0.253. The number of carbonyl (C=O) groups excluding carboxylic acids is 2. The highest BCUT2D eigenvalue weighted by Gasteiger charge is 2.30. The molecule has 1 amide bonds. The van der Waals surface area contributed by atoms with Crippen molar-refractivity contribution in [2.24, 2.45) is 0 Å². The first-order valence-electron chi connectivity index (χ1n) is 11.3. The molecule has 5 rings (SSSR count). The number of carbonyl (C=O) groups is 2. The molecule has 0 fully saturated rings. The Morgan fingerprint density at radius 2 is 1.97 bits per heavy atom. The van der Waals surface area contributed by atoms with Crippen molar-refractivity contribution in [1.29, 1.82) is 0 Å². The number of nitrogens with zero attached hydrogens (tertiary/aromatic N) is 1. The van der Waals surface area contributed by atoms with Gasteiger partial charge in [-0.15, -0.1) is 11.3 Å². The third-order valence-corrected chi connectivity index (χ3v) is 7.31. The molecule has 7 nitrogen and oxygen atoms in total. The summed E-state index contributed by atoms with van der Waals surface area (Å²) in [4.78, 5) is 42.0. The third kappa shape index (κ3) is 3.89. The minimum absolute atomic E-state index is 0.111. The van der Waals surface area contributed by atoms with Gasteiger partial charge >= 0.3 is 11.6 Å². The number of rotatable bonds is 5. The molecule has 0 unspecified atom stereocenters. The van der Waals surface area contributed by atoms with Crippen LogP contribution >= 0.6 is 11.3 Å². The van der Waals surface area contributed by atoms with Crippen LogP contribution in [-0.4, -0.2) is 36.5 Å². The van der Waals surface area contributed by atoms with Crippen molar-refractivity contribution >= 4 is 50.0 Å². The van der Waals surface area contributed by atoms with Gasteiger partial charge in [-0.05, 0) is 48.4 Å². The van der Waals surface area contributed by atoms with E-state index in [-0.39, 0.29) is 12.2 Å². The first-order chi connectivity index (χ1) is 16.5. The highest BCUT2D eigenvalue weighted by molar-refractivity contribution is 7.17. The Morgan fingerprint density at radius 1 is 1.15 bits per heavy atom. The maximum atomic E-state index is 13.3. The lowest BCUT2D eigenvalue weighted by Gasteiger charge is -2.25. The molecule has 1 aliphatic heterocycles. The van der Waals surface area contributed by atoms with Crippen molar-refractivity contribution in [3.8, 4) is 0 Å². The van der Waals surface area contributed by atoms with E-state index in [0.717, 1.165) is 34.3 Å². The average Bonchev–Trinajstić information content (AvgIpc) is 3.20. The fourth-order valence-corrected chi connectivity index (χ4v) is 5.71. The Hall–Kier alpha value is -3.49. The number of nitrogens with one attached hydrogen (secondary N) is 1. The van der Waals surface area contributed by atoms with Gasteiger partial charge in [0, 0.05) is 23.4 Å². The number of thiophene rings is 1. The van der Waals surface area contributed by atoms with Gasteiger partial charge in [0.05, 0.1) is 12.2 Å². The van der Waals surface area contributed by atoms with Crippen molar-refractivity contribution in [2.75, 3.05) is 25.0 Å². The van der Waals surface area contributed by atoms with E-state index >= 15 is 0 Å². The SMILES string of the molecule is CCOC(=O)c1c(NC(=O)c2cc3c(ccc4ccccc43)oc2=O)sc2c1CCN(CC)C2. The van der Waals surface area contributed by atoms with Gasteiger partial charge in [-0.3, -0.25) is 9.69 Å². The van der Waals surface area contributed by atoms with Crippen LogP contribution in [0.15, 0.2) is 51.7 Å². The van der Waals surface area contributed by atoms with Gasteiger partial charge in [0.2, 0.25) is 0 Å². The molecule has 2 aromatic heterocycles. The lowest BCUT2D eigenvalue weighted by atomic mass is 10.0. The molecule has 0 atom stereocenters. The van der Waals surface area contributed by atoms with E-state index in [1.54, 1.807) is 19.1 Å². The van der Waals surface area contributed by atoms with E-state index in [4.69, 9.17) is 9.15 Å². The highest BCUT2D eigenvalue weighted by atomic mass is 32.1. The van der Waals surface area contributed by atoms with Crippen LogP contribution in [0.4, 0.5) is 5.00 Å². The van der Waals surface area contributed by atoms with E-state index in [2.05, 4.69) is 17.1 Å². The van der Waals surface area contributed by atoms with Gasteiger partial charge in [0.15, 0.2) is 0 Å². The van der Waals surface area contributed by atoms with Crippen molar-refractivity contribution in [1.82, 2.24) is 4.90 Å². The molecule has 1 N–H and O–H groups in total. The van der Waals surface area contributed by atoms with Crippen LogP contribution in [0.5, 0.6) is 0 Å². The first-order valence-corrected chi connectivity index (χ1v) is 12.1. The highest BCUT2D eigenvalue weighted by Crippen LogP contribution is 2.38. The van der Waals surface area contributed by atoms with Gasteiger partial charge in [-0.2, -0.15) is 0 Å². The summed E-state index contributed by atoms with van der Waals surface area (Å²) in [5.74, 6) is -1.07. The molecular weight excluding hydrogens is 452 g/mol. The first kappa shape index (κ1) is 22.3. The topological polar surface area (TPSA) is 88.8 Å². The third-order valence-electron chi connectivity index (χ3n) is 6.18. The molecular formula is C26H24N2O5S. The Bertz CT molecular complexity index is 1490. The number of esters is 1. The second-order valence-electron chi connectivity index (χ2n) is 8.15. The maximum absolute atomic E-state index is 13.3. The number of hydrogen-bond acceptors (Lipinski definition) is 7. The molecule has 1 aliphatic rings. The molecule has 0 radical (unpaired) electrons. The molecule has 0 saturated carbocycles. The molecule has 34 heavy (non-hydrogen) atoms. The number of amides is 1. The zero-order valence-electron chi connectivity index (χ0n) is 19.0. The normalized spacial score (nSPS) is 13.7. The molecule has 0 aliphatic carbocycles. The van der Waals surface area contributed by atoms with Crippen molar-refractivity contribution in [3.63, 3.8) is 0 Å². The molecule has 4 aromatic rings. The number of likely N-dealkylation sites (N-methyl/N-ethyl adjacent to an activating group) is 1. The van der Waals surface area contributed by atoms with Crippen molar-refractivity contribution in [3.05, 3.63) is 74.5 Å². The Balaban J connectivity index is 1.56. The van der Waals surface area contributed by atoms with Crippen LogP contribution < -0.4 is 10.9 Å². The second-order valence-corrected chi connectivity index (χ2v) is 9.25. The van der Waals surface area contributed by atoms with Gasteiger partial charge in [0.1, 0.15) is 16.1 Å². The van der Waals surface area contributed by atoms with E-state index in [1.165, 1.54) is 11.3 Å². The number of hydrogen-bond donors (Lipinski definition) is 1. The van der Waals surface area contributed by atoms with Crippen LogP contribution in [0.25, 0.3) is 21.7 Å². The molecule has 2 aromatic carbocycles. The largest absolute Gasteiger partial charge is 0.462 e. The smallest absolute Gasteiger partial charge is 0.349 e. The Labute approximate surface area is 199 Å². The lowest BCUT2D eigenvalue weighted by Crippen LogP contribution is -2.30. The monoisotopic (exact) mass is 476 g/mol. The van der Waals surface area contributed by atoms with Crippen LogP contribution in [0, 0.1) is 0 Å². The van der Waals surface area contributed by atoms with E-state index in [9.17, 15) is 14.4 Å². The summed E-state index contributed by atoms with van der Waals surface area (Å²) < 4.78 is 10.8. The number of fused-ring (bicyclic) bond motifs is 4. The summed E-state index contributed by atoms with van der Waals surface area (Å²) in [6.45, 7) is 6.53. The van der Waals surface area contributed by atoms with Gasteiger partial charge in [-0.25, -0.2) is 9.59 Å². The Kier molecular flexibility index (Phi) is 5.93. The van der Waals surface area contributed by atoms with Crippen LogP contribution in [-0.2, 0) is 17.7 Å². The molecule has 0 spiro atoms. The van der Waals surface area contributed by atoms with E-state index in [0.29, 0.717) is 34.5 Å². The summed E-state index contributed by atoms with van der Waals surface area (Å²) in [6, 6.07) is 12.9. The lowest BCUT2D eigenvalue weighted by molar-refractivity contribution is 0.0526. The zero-order chi connectivity index (χ0) is 23.8. The number of benzene rings is 2. The summed E-state index contributed by atoms with van der Waals surface area (Å²) in [5, 5.41) is 5.76. The molecule has 174 valence electrons. The van der Waals surface area contributed by atoms with Gasteiger partial charge in [0.25, 0.3) is 5.91 Å². The summed E-state index contributed by atoms with van der Waals surface area (Å²) >= 11 is 1.36. The summed E-state index contributed by atoms with van der Waals surface area (Å²) in [6.07, 6.45) is 0.702. The molecule has 8 heteroatoms. The minimum Gasteiger partial charge on any atom is -0.462 e. The predicted octanol–water partition coefficient (Wildman–Crippen LogP) is 4.81. The fourth-order valence-electron chi connectivity index (χ4n) is 4.43. The molecule has 3 heterocycles. The maximum Gasteiger partial charge on any atom is 0.349 e. The van der Waals surface area contributed by atoms with Gasteiger partial charge < -0.3 is 14.5 Å². The van der Waals surface area contributed by atoms with E-state index < -0.39 is 17.5 Å². The minimum atomic E-state index is -0.726. The van der Waals surface area contributed by atoms with E-state index in [1.807, 2.05) is 30.3 Å². The molecule has 0 bridgehead atoms. The fraction of sp³-hybridized carbons (Fsp3) is 0.269. The average molecular weight is 477 g/mol. The predicted molar refractivity (Wildman–Crippen MR) is 133 cm³/mol. The van der Waals surface area contributed by atoms with Crippen molar-refractivity contribution < 1.29 is 18.7 Å². The second kappa shape index (κ2) is 9.04. The van der Waals surface area contributed by atoms with Crippen LogP contribution in [0.3, 0.4) is 0 Å². The van der Waals surface area contributed by atoms with Crippen LogP contribution in [0.2, 0.25) is 0 Å². The van der Waals surface area contributed by atoms with Crippen molar-refractivity contribution in [2.45, 2.75) is 26.8 Å². The standard InChI is InChI=1S/C26H24N2O5S/c1-3-28-12-11-17-21(14-28)34-24(22(17)26(31)32-4-2)27-23(29)19-13-18-16-8-6-5-7-15(16)9-10-20(18)33-25(19)30/h5-10,13H,3-4,11-12,14H2,1-2H3,(H,27,29). The number of anilines is 1. The zero-order valence-corrected chi connectivity index (χ0v) is 19.8. The Morgan fingerprint density at radius 3 is 2.76 bits per heavy atom.